The number of hydrogen-bond donors (Lipinski definition) is 1. The van der Waals surface area contributed by atoms with Crippen LogP contribution in [0.3, 0.4) is 0 Å². The van der Waals surface area contributed by atoms with Gasteiger partial charge in [-0.25, -0.2) is 4.98 Å². The summed E-state index contributed by atoms with van der Waals surface area (Å²) >= 11 is 0. The molecule has 2 rings (SSSR count). The summed E-state index contributed by atoms with van der Waals surface area (Å²) in [4.78, 5) is 4.82. The van der Waals surface area contributed by atoms with Crippen LogP contribution in [-0.2, 0) is 13.0 Å². The summed E-state index contributed by atoms with van der Waals surface area (Å²) in [6.45, 7) is 7.92. The van der Waals surface area contributed by atoms with Crippen molar-refractivity contribution in [2.75, 3.05) is 6.61 Å². The van der Waals surface area contributed by atoms with Crippen LogP contribution in [0, 0.1) is 0 Å². The fraction of sp³-hybridized carbons (Fsp3) is 0.611. The normalized spacial score (nSPS) is 11.7. The Kier molecular flexibility index (Phi) is 5.80. The van der Waals surface area contributed by atoms with Gasteiger partial charge >= 0.3 is 0 Å². The lowest BCUT2D eigenvalue weighted by Gasteiger charge is -2.09. The molecule has 0 fully saturated rings. The van der Waals surface area contributed by atoms with Crippen molar-refractivity contribution in [3.63, 3.8) is 0 Å². The highest BCUT2D eigenvalue weighted by Crippen LogP contribution is 2.23. The van der Waals surface area contributed by atoms with Gasteiger partial charge in [0.2, 0.25) is 0 Å². The van der Waals surface area contributed by atoms with Gasteiger partial charge in [-0.1, -0.05) is 39.7 Å². The van der Waals surface area contributed by atoms with Crippen molar-refractivity contribution in [2.45, 2.75) is 65.3 Å². The zero-order valence-corrected chi connectivity index (χ0v) is 13.6. The van der Waals surface area contributed by atoms with Crippen LogP contribution in [0.4, 0.5) is 0 Å². The van der Waals surface area contributed by atoms with Crippen molar-refractivity contribution in [3.05, 3.63) is 29.6 Å². The van der Waals surface area contributed by atoms with Crippen molar-refractivity contribution in [1.29, 1.82) is 0 Å². The van der Waals surface area contributed by atoms with Gasteiger partial charge in [-0.3, -0.25) is 0 Å². The lowest BCUT2D eigenvalue weighted by Crippen LogP contribution is -2.05. The molecule has 3 nitrogen and oxygen atoms in total. The fourth-order valence-electron chi connectivity index (χ4n) is 2.75. The van der Waals surface area contributed by atoms with E-state index in [1.54, 1.807) is 0 Å². The maximum absolute atomic E-state index is 9.09. The van der Waals surface area contributed by atoms with Gasteiger partial charge in [0.05, 0.1) is 11.0 Å². The number of aryl methyl sites for hydroxylation is 2. The number of aliphatic hydroxyl groups is 1. The summed E-state index contributed by atoms with van der Waals surface area (Å²) in [5.74, 6) is 1.65. The van der Waals surface area contributed by atoms with E-state index in [0.717, 1.165) is 30.7 Å². The van der Waals surface area contributed by atoms with Gasteiger partial charge in [-0.05, 0) is 36.5 Å². The van der Waals surface area contributed by atoms with Crippen molar-refractivity contribution in [3.8, 4) is 0 Å². The number of benzene rings is 1. The van der Waals surface area contributed by atoms with Crippen LogP contribution in [0.1, 0.15) is 63.8 Å². The second kappa shape index (κ2) is 7.60. The standard InChI is InChI=1S/C18H28N2O/c1-4-5-6-11-20-17-10-9-15(14(2)3)13-16(17)19-18(20)8-7-12-21/h9-10,13-14,21H,4-8,11-12H2,1-3H3. The molecule has 0 bridgehead atoms. The predicted molar refractivity (Wildman–Crippen MR) is 88.8 cm³/mol. The van der Waals surface area contributed by atoms with Crippen molar-refractivity contribution in [2.24, 2.45) is 0 Å². The van der Waals surface area contributed by atoms with Crippen molar-refractivity contribution < 1.29 is 5.11 Å². The van der Waals surface area contributed by atoms with E-state index in [1.165, 1.54) is 30.3 Å². The monoisotopic (exact) mass is 288 g/mol. The highest BCUT2D eigenvalue weighted by atomic mass is 16.2. The van der Waals surface area contributed by atoms with E-state index in [-0.39, 0.29) is 6.61 Å². The number of unbranched alkanes of at least 4 members (excludes halogenated alkanes) is 2. The summed E-state index contributed by atoms with van der Waals surface area (Å²) in [5, 5.41) is 9.09. The van der Waals surface area contributed by atoms with Gasteiger partial charge in [0, 0.05) is 19.6 Å². The van der Waals surface area contributed by atoms with Crippen molar-refractivity contribution >= 4 is 11.0 Å². The molecule has 2 aromatic rings. The van der Waals surface area contributed by atoms with E-state index in [2.05, 4.69) is 43.5 Å². The maximum Gasteiger partial charge on any atom is 0.109 e. The molecule has 0 unspecified atom stereocenters. The molecule has 1 N–H and O–H groups in total. The van der Waals surface area contributed by atoms with Gasteiger partial charge in [0.15, 0.2) is 0 Å². The number of aliphatic hydroxyl groups excluding tert-OH is 1. The van der Waals surface area contributed by atoms with Crippen LogP contribution in [0.5, 0.6) is 0 Å². The predicted octanol–water partition coefficient (Wildman–Crippen LogP) is 4.27. The van der Waals surface area contributed by atoms with Gasteiger partial charge in [0.25, 0.3) is 0 Å². The van der Waals surface area contributed by atoms with Crippen LogP contribution in [0.2, 0.25) is 0 Å². The molecule has 3 heteroatoms. The van der Waals surface area contributed by atoms with Gasteiger partial charge in [0.1, 0.15) is 5.82 Å². The van der Waals surface area contributed by atoms with Gasteiger partial charge in [-0.15, -0.1) is 0 Å². The Bertz CT molecular complexity index is 572. The molecule has 0 radical (unpaired) electrons. The minimum Gasteiger partial charge on any atom is -0.396 e. The molecule has 116 valence electrons. The Morgan fingerprint density at radius 3 is 2.67 bits per heavy atom. The van der Waals surface area contributed by atoms with E-state index in [9.17, 15) is 0 Å². The third-order valence-electron chi connectivity index (χ3n) is 4.06. The minimum absolute atomic E-state index is 0.232. The first-order chi connectivity index (χ1) is 10.2. The molecule has 1 heterocycles. The Hall–Kier alpha value is -1.35. The Balaban J connectivity index is 2.35. The smallest absolute Gasteiger partial charge is 0.109 e. The fourth-order valence-corrected chi connectivity index (χ4v) is 2.75. The number of aromatic nitrogens is 2. The molecule has 21 heavy (non-hydrogen) atoms. The molecule has 0 amide bonds. The molecule has 0 saturated carbocycles. The Labute approximate surface area is 128 Å². The largest absolute Gasteiger partial charge is 0.396 e. The van der Waals surface area contributed by atoms with Crippen LogP contribution in [0.25, 0.3) is 11.0 Å². The Morgan fingerprint density at radius 1 is 1.19 bits per heavy atom. The third-order valence-corrected chi connectivity index (χ3v) is 4.06. The molecular weight excluding hydrogens is 260 g/mol. The quantitative estimate of drug-likeness (QED) is 0.736. The first kappa shape index (κ1) is 16.0. The second-order valence-corrected chi connectivity index (χ2v) is 6.12. The summed E-state index contributed by atoms with van der Waals surface area (Å²) in [5.41, 5.74) is 3.68. The third kappa shape index (κ3) is 3.85. The zero-order chi connectivity index (χ0) is 15.2. The SMILES string of the molecule is CCCCCn1c(CCCO)nc2cc(C(C)C)ccc21. The minimum atomic E-state index is 0.232. The van der Waals surface area contributed by atoms with E-state index in [0.29, 0.717) is 5.92 Å². The number of fused-ring (bicyclic) bond motifs is 1. The topological polar surface area (TPSA) is 38.0 Å². The molecule has 0 saturated heterocycles. The van der Waals surface area contributed by atoms with Crippen LogP contribution in [0.15, 0.2) is 18.2 Å². The number of imidazole rings is 1. The first-order valence-electron chi connectivity index (χ1n) is 8.27. The van der Waals surface area contributed by atoms with E-state index in [4.69, 9.17) is 10.1 Å². The lowest BCUT2D eigenvalue weighted by atomic mass is 10.0. The van der Waals surface area contributed by atoms with E-state index in [1.807, 2.05) is 0 Å². The summed E-state index contributed by atoms with van der Waals surface area (Å²) < 4.78 is 2.35. The molecule has 0 atom stereocenters. The van der Waals surface area contributed by atoms with Gasteiger partial charge < -0.3 is 9.67 Å². The lowest BCUT2D eigenvalue weighted by molar-refractivity contribution is 0.287. The molecule has 0 aliphatic heterocycles. The summed E-state index contributed by atoms with van der Waals surface area (Å²) in [7, 11) is 0. The van der Waals surface area contributed by atoms with Crippen LogP contribution >= 0.6 is 0 Å². The van der Waals surface area contributed by atoms with E-state index < -0.39 is 0 Å². The van der Waals surface area contributed by atoms with Crippen LogP contribution in [-0.4, -0.2) is 21.3 Å². The Morgan fingerprint density at radius 2 is 2.00 bits per heavy atom. The van der Waals surface area contributed by atoms with Gasteiger partial charge in [-0.2, -0.15) is 0 Å². The maximum atomic E-state index is 9.09. The number of nitrogens with zero attached hydrogens (tertiary/aromatic N) is 2. The summed E-state index contributed by atoms with van der Waals surface area (Å²) in [6.07, 6.45) is 5.32. The highest BCUT2D eigenvalue weighted by molar-refractivity contribution is 5.77. The molecule has 1 aromatic heterocycles. The highest BCUT2D eigenvalue weighted by Gasteiger charge is 2.11. The average molecular weight is 288 g/mol. The first-order valence-corrected chi connectivity index (χ1v) is 8.27. The van der Waals surface area contributed by atoms with Crippen LogP contribution < -0.4 is 0 Å². The zero-order valence-electron chi connectivity index (χ0n) is 13.6. The molecule has 1 aromatic carbocycles. The average Bonchev–Trinajstić information content (AvgIpc) is 2.82. The molecule has 0 aliphatic carbocycles. The summed E-state index contributed by atoms with van der Waals surface area (Å²) in [6, 6.07) is 6.66. The second-order valence-electron chi connectivity index (χ2n) is 6.12. The molecule has 0 spiro atoms. The number of rotatable bonds is 8. The van der Waals surface area contributed by atoms with Crippen molar-refractivity contribution in [1.82, 2.24) is 9.55 Å². The molecule has 0 aliphatic rings. The van der Waals surface area contributed by atoms with E-state index >= 15 is 0 Å². The molecular formula is C18H28N2O. The number of hydrogen-bond acceptors (Lipinski definition) is 2.